The Morgan fingerprint density at radius 2 is 2.10 bits per heavy atom. The molecule has 0 unspecified atom stereocenters. The SMILES string of the molecule is COc1ccc2c(c1)CC[C@@H]1[C@@H]2CC[C@]2(C)[C@]3(OC(C)=O)C=C[C@]12C[C@]3(Cl)C#N. The number of nitrogens with zero attached hydrogens (tertiary/aromatic N) is 1. The zero-order chi connectivity index (χ0) is 20.7. The van der Waals surface area contributed by atoms with Crippen molar-refractivity contribution in [2.24, 2.45) is 16.7 Å². The van der Waals surface area contributed by atoms with Gasteiger partial charge < -0.3 is 9.47 Å². The van der Waals surface area contributed by atoms with E-state index in [0.29, 0.717) is 18.3 Å². The van der Waals surface area contributed by atoms with Crippen LogP contribution in [0.2, 0.25) is 0 Å². The number of hydrogen-bond acceptors (Lipinski definition) is 4. The summed E-state index contributed by atoms with van der Waals surface area (Å²) in [4.78, 5) is 10.8. The number of methoxy groups -OCH3 is 1. The molecule has 2 fully saturated rings. The highest BCUT2D eigenvalue weighted by molar-refractivity contribution is 6.27. The molecule has 152 valence electrons. The second kappa shape index (κ2) is 5.79. The standard InChI is InChI=1S/C24H26ClNO3/c1-15(27)29-24-11-10-22(13-23(24,25)14-26)20-7-4-16-12-17(28-3)5-6-18(16)19(20)8-9-21(22,24)2/h5-6,10-12,19-20H,4,7-9,13H2,1-3H3/t19-,20-,21+,22+,23+,24-/m1/s1. The van der Waals surface area contributed by atoms with Crippen LogP contribution in [0.1, 0.15) is 56.6 Å². The third-order valence-electron chi connectivity index (χ3n) is 8.65. The molecule has 4 nitrogen and oxygen atoms in total. The van der Waals surface area contributed by atoms with Crippen molar-refractivity contribution in [3.63, 3.8) is 0 Å². The number of fused-ring (bicyclic) bond motifs is 3. The van der Waals surface area contributed by atoms with Gasteiger partial charge in [0.2, 0.25) is 0 Å². The monoisotopic (exact) mass is 411 g/mol. The van der Waals surface area contributed by atoms with E-state index in [1.54, 1.807) is 7.11 Å². The van der Waals surface area contributed by atoms with Gasteiger partial charge >= 0.3 is 5.97 Å². The predicted octanol–water partition coefficient (Wildman–Crippen LogP) is 4.90. The number of aryl methyl sites for hydroxylation is 1. The van der Waals surface area contributed by atoms with Crippen LogP contribution in [0.15, 0.2) is 30.4 Å². The number of hydrogen-bond donors (Lipinski definition) is 0. The summed E-state index contributed by atoms with van der Waals surface area (Å²) < 4.78 is 11.4. The number of carbonyl (C=O) groups excluding carboxylic acids is 1. The van der Waals surface area contributed by atoms with Gasteiger partial charge in [-0.05, 0) is 73.3 Å². The van der Waals surface area contributed by atoms with E-state index in [2.05, 4.69) is 37.3 Å². The van der Waals surface area contributed by atoms with Crippen LogP contribution in [0.4, 0.5) is 0 Å². The Hall–Kier alpha value is -1.99. The van der Waals surface area contributed by atoms with E-state index in [-0.39, 0.29) is 16.8 Å². The molecule has 4 aliphatic carbocycles. The number of esters is 1. The molecule has 0 saturated heterocycles. The first-order chi connectivity index (χ1) is 13.8. The lowest BCUT2D eigenvalue weighted by atomic mass is 9.48. The molecule has 2 bridgehead atoms. The van der Waals surface area contributed by atoms with Gasteiger partial charge in [-0.2, -0.15) is 5.26 Å². The summed E-state index contributed by atoms with van der Waals surface area (Å²) in [6.07, 6.45) is 8.65. The summed E-state index contributed by atoms with van der Waals surface area (Å²) in [6.45, 7) is 3.60. The van der Waals surface area contributed by atoms with Gasteiger partial charge in [0.25, 0.3) is 0 Å². The topological polar surface area (TPSA) is 59.3 Å². The lowest BCUT2D eigenvalue weighted by molar-refractivity contribution is -0.170. The maximum Gasteiger partial charge on any atom is 0.303 e. The number of carbonyl (C=O) groups is 1. The first kappa shape index (κ1) is 19.0. The Labute approximate surface area is 176 Å². The van der Waals surface area contributed by atoms with E-state index >= 15 is 0 Å². The van der Waals surface area contributed by atoms with Crippen LogP contribution >= 0.6 is 11.6 Å². The Bertz CT molecular complexity index is 983. The third-order valence-corrected chi connectivity index (χ3v) is 9.15. The average molecular weight is 412 g/mol. The number of ether oxygens (including phenoxy) is 2. The van der Waals surface area contributed by atoms with Crippen molar-refractivity contribution in [3.05, 3.63) is 41.5 Å². The maximum atomic E-state index is 12.1. The predicted molar refractivity (Wildman–Crippen MR) is 110 cm³/mol. The smallest absolute Gasteiger partial charge is 0.303 e. The molecule has 5 rings (SSSR count). The quantitative estimate of drug-likeness (QED) is 0.394. The van der Waals surface area contributed by atoms with Gasteiger partial charge in [0.05, 0.1) is 13.2 Å². The molecule has 4 aliphatic rings. The van der Waals surface area contributed by atoms with Crippen LogP contribution in [-0.2, 0) is 16.0 Å². The fourth-order valence-electron chi connectivity index (χ4n) is 7.43. The molecule has 6 atom stereocenters. The maximum absolute atomic E-state index is 12.1. The van der Waals surface area contributed by atoms with Crippen LogP contribution in [-0.4, -0.2) is 23.6 Å². The molecule has 0 aromatic heterocycles. The highest BCUT2D eigenvalue weighted by Gasteiger charge is 2.82. The van der Waals surface area contributed by atoms with Gasteiger partial charge in [-0.15, -0.1) is 0 Å². The van der Waals surface area contributed by atoms with Crippen LogP contribution in [0.5, 0.6) is 5.75 Å². The second-order valence-corrected chi connectivity index (χ2v) is 10.1. The van der Waals surface area contributed by atoms with Crippen molar-refractivity contribution in [1.29, 1.82) is 5.26 Å². The summed E-state index contributed by atoms with van der Waals surface area (Å²) in [5, 5.41) is 10.1. The van der Waals surface area contributed by atoms with Crippen molar-refractivity contribution in [2.45, 2.75) is 62.3 Å². The first-order valence-electron chi connectivity index (χ1n) is 10.4. The molecule has 0 N–H and O–H groups in total. The average Bonchev–Trinajstić information content (AvgIpc) is 3.05. The van der Waals surface area contributed by atoms with Crippen molar-refractivity contribution in [2.75, 3.05) is 7.11 Å². The Balaban J connectivity index is 1.63. The normalized spacial score (nSPS) is 43.7. The molecule has 5 heteroatoms. The molecule has 0 radical (unpaired) electrons. The van der Waals surface area contributed by atoms with Gasteiger partial charge in [0.15, 0.2) is 10.5 Å². The molecule has 0 aliphatic heterocycles. The second-order valence-electron chi connectivity index (χ2n) is 9.48. The van der Waals surface area contributed by atoms with Crippen molar-refractivity contribution in [3.8, 4) is 11.8 Å². The molecule has 1 aromatic carbocycles. The van der Waals surface area contributed by atoms with Crippen molar-refractivity contribution in [1.82, 2.24) is 0 Å². The minimum absolute atomic E-state index is 0.236. The van der Waals surface area contributed by atoms with Gasteiger partial charge in [0.1, 0.15) is 5.75 Å². The minimum atomic E-state index is -1.22. The fraction of sp³-hybridized carbons (Fsp3) is 0.583. The van der Waals surface area contributed by atoms with E-state index in [1.165, 1.54) is 18.1 Å². The van der Waals surface area contributed by atoms with Gasteiger partial charge in [0, 0.05) is 17.8 Å². The van der Waals surface area contributed by atoms with E-state index in [1.807, 2.05) is 6.08 Å². The molecule has 29 heavy (non-hydrogen) atoms. The Kier molecular flexibility index (Phi) is 3.79. The summed E-state index contributed by atoms with van der Waals surface area (Å²) >= 11 is 6.98. The molecule has 2 saturated carbocycles. The zero-order valence-electron chi connectivity index (χ0n) is 17.1. The number of halogens is 1. The molecular formula is C24H26ClNO3. The fourth-order valence-corrected chi connectivity index (χ4v) is 7.96. The van der Waals surface area contributed by atoms with Gasteiger partial charge in [-0.3, -0.25) is 4.79 Å². The summed E-state index contributed by atoms with van der Waals surface area (Å²) in [7, 11) is 1.71. The largest absolute Gasteiger partial charge is 0.497 e. The molecule has 1 aromatic rings. The highest BCUT2D eigenvalue weighted by Crippen LogP contribution is 2.79. The van der Waals surface area contributed by atoms with Crippen molar-refractivity contribution < 1.29 is 14.3 Å². The summed E-state index contributed by atoms with van der Waals surface area (Å²) in [5.41, 5.74) is 1.11. The van der Waals surface area contributed by atoms with E-state index < -0.39 is 10.5 Å². The number of allylic oxidation sites excluding steroid dienone is 1. The molecule has 0 spiro atoms. The Morgan fingerprint density at radius 1 is 1.31 bits per heavy atom. The molecule has 0 heterocycles. The molecular weight excluding hydrogens is 386 g/mol. The summed E-state index contributed by atoms with van der Waals surface area (Å²) in [5.74, 6) is 1.33. The highest BCUT2D eigenvalue weighted by atomic mass is 35.5. The minimum Gasteiger partial charge on any atom is -0.497 e. The number of benzene rings is 1. The van der Waals surface area contributed by atoms with E-state index in [4.69, 9.17) is 21.1 Å². The number of rotatable bonds is 2. The van der Waals surface area contributed by atoms with E-state index in [9.17, 15) is 10.1 Å². The zero-order valence-corrected chi connectivity index (χ0v) is 17.9. The van der Waals surface area contributed by atoms with E-state index in [0.717, 1.165) is 31.4 Å². The lowest BCUT2D eigenvalue weighted by Crippen LogP contribution is -2.57. The Morgan fingerprint density at radius 3 is 2.79 bits per heavy atom. The third kappa shape index (κ3) is 2.03. The summed E-state index contributed by atoms with van der Waals surface area (Å²) in [6, 6.07) is 8.78. The number of nitriles is 1. The van der Waals surface area contributed by atoms with Crippen LogP contribution in [0.25, 0.3) is 0 Å². The van der Waals surface area contributed by atoms with Crippen LogP contribution in [0, 0.1) is 28.1 Å². The van der Waals surface area contributed by atoms with Crippen LogP contribution < -0.4 is 4.74 Å². The molecule has 0 amide bonds. The number of alkyl halides is 1. The van der Waals surface area contributed by atoms with Gasteiger partial charge in [-0.25, -0.2) is 0 Å². The first-order valence-corrected chi connectivity index (χ1v) is 10.8. The van der Waals surface area contributed by atoms with Crippen molar-refractivity contribution >= 4 is 17.6 Å². The van der Waals surface area contributed by atoms with Gasteiger partial charge in [-0.1, -0.05) is 30.7 Å². The van der Waals surface area contributed by atoms with Crippen LogP contribution in [0.3, 0.4) is 0 Å². The lowest BCUT2D eigenvalue weighted by Gasteiger charge is -2.56.